The zero-order valence-corrected chi connectivity index (χ0v) is 12.6. The molecule has 1 aliphatic heterocycles. The summed E-state index contributed by atoms with van der Waals surface area (Å²) in [7, 11) is -4.68. The summed E-state index contributed by atoms with van der Waals surface area (Å²) in [5, 5.41) is 0. The molecule has 0 aromatic carbocycles. The average molecular weight is 340 g/mol. The van der Waals surface area contributed by atoms with Gasteiger partial charge in [-0.2, -0.15) is 0 Å². The quantitative estimate of drug-likeness (QED) is 0.552. The molecule has 2 rings (SSSR count). The van der Waals surface area contributed by atoms with Crippen LogP contribution in [0.2, 0.25) is 0 Å². The van der Waals surface area contributed by atoms with Crippen LogP contribution in [0.3, 0.4) is 0 Å². The SMILES string of the molecule is Cc1cn([C@H]2C[C@H](F)[C@@H](COP(=O)(O)O)O2)c(=S)[nH]c1=O. The molecule has 0 amide bonds. The number of alkyl halides is 1. The molecule has 0 bridgehead atoms. The normalized spacial score (nSPS) is 26.2. The standard InChI is InChI=1S/C10H14FN2O6PS/c1-5-3-13(10(21)12-9(5)14)8-2-6(11)7(19-8)4-18-20(15,16)17/h3,6-8H,2,4H2,1H3,(H,12,14,21)(H2,15,16,17)/t6-,7+,8+/m0/s1. The molecule has 8 nitrogen and oxygen atoms in total. The maximum absolute atomic E-state index is 13.8. The predicted molar refractivity (Wildman–Crippen MR) is 72.0 cm³/mol. The van der Waals surface area contributed by atoms with Gasteiger partial charge in [-0.1, -0.05) is 0 Å². The van der Waals surface area contributed by atoms with Gasteiger partial charge >= 0.3 is 7.82 Å². The molecule has 2 heterocycles. The number of H-pyrrole nitrogens is 1. The molecule has 118 valence electrons. The Morgan fingerprint density at radius 2 is 2.33 bits per heavy atom. The summed E-state index contributed by atoms with van der Waals surface area (Å²) in [4.78, 5) is 31.0. The van der Waals surface area contributed by atoms with Gasteiger partial charge in [0.05, 0.1) is 6.61 Å². The molecule has 21 heavy (non-hydrogen) atoms. The molecular formula is C10H14FN2O6PS. The molecule has 11 heteroatoms. The van der Waals surface area contributed by atoms with Crippen molar-refractivity contribution in [3.8, 4) is 0 Å². The zero-order chi connectivity index (χ0) is 15.8. The molecule has 0 saturated carbocycles. The van der Waals surface area contributed by atoms with Crippen LogP contribution < -0.4 is 5.56 Å². The van der Waals surface area contributed by atoms with E-state index in [1.807, 2.05) is 0 Å². The molecule has 1 aliphatic rings. The number of phosphoric acid groups is 1. The fourth-order valence-electron chi connectivity index (χ4n) is 1.98. The molecular weight excluding hydrogens is 326 g/mol. The van der Waals surface area contributed by atoms with E-state index >= 15 is 0 Å². The Morgan fingerprint density at radius 1 is 1.67 bits per heavy atom. The average Bonchev–Trinajstić information content (AvgIpc) is 2.72. The minimum atomic E-state index is -4.68. The lowest BCUT2D eigenvalue weighted by molar-refractivity contribution is -0.0343. The Kier molecular flexibility index (Phi) is 4.76. The van der Waals surface area contributed by atoms with Gasteiger partial charge in [0.2, 0.25) is 0 Å². The second kappa shape index (κ2) is 6.07. The van der Waals surface area contributed by atoms with E-state index in [4.69, 9.17) is 26.7 Å². The van der Waals surface area contributed by atoms with Crippen molar-refractivity contribution in [2.24, 2.45) is 0 Å². The lowest BCUT2D eigenvalue weighted by Crippen LogP contribution is -2.23. The Labute approximate surface area is 123 Å². The van der Waals surface area contributed by atoms with Crippen molar-refractivity contribution in [3.05, 3.63) is 26.9 Å². The highest BCUT2D eigenvalue weighted by Crippen LogP contribution is 2.38. The highest BCUT2D eigenvalue weighted by Gasteiger charge is 2.38. The molecule has 0 radical (unpaired) electrons. The van der Waals surface area contributed by atoms with Gasteiger partial charge in [-0.25, -0.2) is 8.96 Å². The third-order valence-corrected chi connectivity index (χ3v) is 3.82. The number of hydrogen-bond donors (Lipinski definition) is 3. The maximum atomic E-state index is 13.8. The largest absolute Gasteiger partial charge is 0.469 e. The first kappa shape index (κ1) is 16.5. The van der Waals surface area contributed by atoms with E-state index in [0.29, 0.717) is 5.56 Å². The van der Waals surface area contributed by atoms with Gasteiger partial charge in [-0.05, 0) is 19.1 Å². The smallest absolute Gasteiger partial charge is 0.349 e. The molecule has 1 aromatic heterocycles. The van der Waals surface area contributed by atoms with Gasteiger partial charge in [0, 0.05) is 18.2 Å². The van der Waals surface area contributed by atoms with Crippen LogP contribution in [0, 0.1) is 11.7 Å². The van der Waals surface area contributed by atoms with Crippen LogP contribution in [0.1, 0.15) is 18.2 Å². The summed E-state index contributed by atoms with van der Waals surface area (Å²) < 4.78 is 35.5. The van der Waals surface area contributed by atoms with E-state index in [0.717, 1.165) is 0 Å². The van der Waals surface area contributed by atoms with Crippen LogP contribution in [0.15, 0.2) is 11.0 Å². The van der Waals surface area contributed by atoms with E-state index in [1.165, 1.54) is 10.8 Å². The highest BCUT2D eigenvalue weighted by molar-refractivity contribution is 7.71. The van der Waals surface area contributed by atoms with Crippen LogP contribution in [0.4, 0.5) is 4.39 Å². The Balaban J connectivity index is 2.14. The minimum Gasteiger partial charge on any atom is -0.349 e. The number of rotatable bonds is 4. The molecule has 1 saturated heterocycles. The van der Waals surface area contributed by atoms with Crippen molar-refractivity contribution in [2.45, 2.75) is 31.8 Å². The minimum absolute atomic E-state index is 0.0605. The summed E-state index contributed by atoms with van der Waals surface area (Å²) in [5.74, 6) is 0. The molecule has 3 atom stereocenters. The number of nitrogens with zero attached hydrogens (tertiary/aromatic N) is 1. The van der Waals surface area contributed by atoms with Crippen LogP contribution in [0.25, 0.3) is 0 Å². The number of aryl methyl sites for hydroxylation is 1. The summed E-state index contributed by atoms with van der Waals surface area (Å²) in [6.07, 6.45) is -1.96. The van der Waals surface area contributed by atoms with Gasteiger partial charge in [-0.15, -0.1) is 0 Å². The fourth-order valence-corrected chi connectivity index (χ4v) is 2.58. The number of hydrogen-bond acceptors (Lipinski definition) is 5. The molecule has 0 aliphatic carbocycles. The molecule has 0 unspecified atom stereocenters. The summed E-state index contributed by atoms with van der Waals surface area (Å²) in [5.41, 5.74) is 0.0463. The van der Waals surface area contributed by atoms with Crippen molar-refractivity contribution in [2.75, 3.05) is 6.61 Å². The van der Waals surface area contributed by atoms with E-state index in [2.05, 4.69) is 9.51 Å². The first-order valence-corrected chi connectivity index (χ1v) is 7.93. The fraction of sp³-hybridized carbons (Fsp3) is 0.600. The van der Waals surface area contributed by atoms with Crippen molar-refractivity contribution < 1.29 is 28.0 Å². The van der Waals surface area contributed by atoms with Crippen LogP contribution >= 0.6 is 20.0 Å². The summed E-state index contributed by atoms with van der Waals surface area (Å²) >= 11 is 4.99. The van der Waals surface area contributed by atoms with Crippen molar-refractivity contribution >= 4 is 20.0 Å². The van der Waals surface area contributed by atoms with E-state index in [-0.39, 0.29) is 16.8 Å². The molecule has 1 fully saturated rings. The molecule has 3 N–H and O–H groups in total. The van der Waals surface area contributed by atoms with Crippen LogP contribution in [0.5, 0.6) is 0 Å². The van der Waals surface area contributed by atoms with Crippen LogP contribution in [-0.4, -0.2) is 38.2 Å². The second-order valence-electron chi connectivity index (χ2n) is 4.65. The first-order chi connectivity index (χ1) is 9.67. The Hall–Kier alpha value is -0.900. The predicted octanol–water partition coefficient (Wildman–Crippen LogP) is 0.949. The third kappa shape index (κ3) is 4.06. The topological polar surface area (TPSA) is 114 Å². The van der Waals surface area contributed by atoms with Gasteiger partial charge in [0.25, 0.3) is 5.56 Å². The lowest BCUT2D eigenvalue weighted by Gasteiger charge is -2.17. The van der Waals surface area contributed by atoms with Gasteiger partial charge in [-0.3, -0.25) is 18.9 Å². The van der Waals surface area contributed by atoms with Gasteiger partial charge < -0.3 is 14.5 Å². The van der Waals surface area contributed by atoms with E-state index in [9.17, 15) is 13.8 Å². The number of aromatic amines is 1. The lowest BCUT2D eigenvalue weighted by atomic mass is 10.2. The Bertz CT molecular complexity index is 685. The van der Waals surface area contributed by atoms with Gasteiger partial charge in [0.15, 0.2) is 4.77 Å². The Morgan fingerprint density at radius 3 is 2.95 bits per heavy atom. The van der Waals surface area contributed by atoms with E-state index < -0.39 is 32.9 Å². The van der Waals surface area contributed by atoms with E-state index in [1.54, 1.807) is 6.92 Å². The molecule has 0 spiro atoms. The maximum Gasteiger partial charge on any atom is 0.469 e. The summed E-state index contributed by atoms with van der Waals surface area (Å²) in [6.45, 7) is 0.998. The van der Waals surface area contributed by atoms with Crippen molar-refractivity contribution in [3.63, 3.8) is 0 Å². The van der Waals surface area contributed by atoms with Crippen LogP contribution in [-0.2, 0) is 13.8 Å². The monoisotopic (exact) mass is 340 g/mol. The van der Waals surface area contributed by atoms with Crippen molar-refractivity contribution in [1.29, 1.82) is 0 Å². The number of aromatic nitrogens is 2. The second-order valence-corrected chi connectivity index (χ2v) is 6.27. The zero-order valence-electron chi connectivity index (χ0n) is 10.9. The van der Waals surface area contributed by atoms with Crippen molar-refractivity contribution in [1.82, 2.24) is 9.55 Å². The molecule has 1 aromatic rings. The van der Waals surface area contributed by atoms with Gasteiger partial charge in [0.1, 0.15) is 18.5 Å². The number of nitrogens with one attached hydrogen (secondary N) is 1. The summed E-state index contributed by atoms with van der Waals surface area (Å²) in [6, 6.07) is 0. The third-order valence-electron chi connectivity index (χ3n) is 3.03. The first-order valence-electron chi connectivity index (χ1n) is 5.99. The number of phosphoric ester groups is 1. The highest BCUT2D eigenvalue weighted by atomic mass is 32.1. The number of halogens is 1. The number of ether oxygens (including phenoxy) is 1.